The van der Waals surface area contributed by atoms with Crippen molar-refractivity contribution in [1.29, 1.82) is 0 Å². The number of fused-ring (bicyclic) bond motifs is 1. The average molecular weight is 390 g/mol. The number of hydrogen-bond acceptors (Lipinski definition) is 4. The summed E-state index contributed by atoms with van der Waals surface area (Å²) in [6, 6.07) is 18.5. The van der Waals surface area contributed by atoms with Crippen molar-refractivity contribution in [1.82, 2.24) is 9.38 Å². The van der Waals surface area contributed by atoms with Gasteiger partial charge in [0, 0.05) is 17.4 Å². The van der Waals surface area contributed by atoms with Crippen LogP contribution in [-0.4, -0.2) is 22.5 Å². The number of hydrogen-bond donors (Lipinski definition) is 1. The second-order valence-corrected chi connectivity index (χ2v) is 7.66. The van der Waals surface area contributed by atoms with Gasteiger partial charge >= 0.3 is 0 Å². The van der Waals surface area contributed by atoms with Gasteiger partial charge in [0.05, 0.1) is 17.1 Å². The molecule has 0 saturated carbocycles. The van der Waals surface area contributed by atoms with Crippen LogP contribution in [0, 0.1) is 0 Å². The van der Waals surface area contributed by atoms with Crippen LogP contribution in [0.25, 0.3) is 27.5 Å². The smallest absolute Gasteiger partial charge is 0.194 e. The van der Waals surface area contributed by atoms with Crippen LogP contribution in [0.3, 0.4) is 0 Å². The van der Waals surface area contributed by atoms with E-state index in [1.54, 1.807) is 11.3 Å². The maximum Gasteiger partial charge on any atom is 0.194 e. The molecule has 0 radical (unpaired) electrons. The summed E-state index contributed by atoms with van der Waals surface area (Å²) in [5.41, 5.74) is 12.5. The predicted octanol–water partition coefficient (Wildman–Crippen LogP) is 5.19. The Morgan fingerprint density at radius 3 is 2.54 bits per heavy atom. The summed E-state index contributed by atoms with van der Waals surface area (Å²) < 4.78 is 7.96. The summed E-state index contributed by atoms with van der Waals surface area (Å²) in [4.78, 5) is 5.91. The van der Waals surface area contributed by atoms with E-state index >= 15 is 0 Å². The molecule has 2 aromatic carbocycles. The molecule has 2 N–H and O–H groups in total. The van der Waals surface area contributed by atoms with E-state index in [-0.39, 0.29) is 0 Å². The summed E-state index contributed by atoms with van der Waals surface area (Å²) >= 11 is 1.66. The number of rotatable bonds is 7. The van der Waals surface area contributed by atoms with Crippen molar-refractivity contribution in [2.45, 2.75) is 13.3 Å². The molecule has 28 heavy (non-hydrogen) atoms. The molecule has 142 valence electrons. The van der Waals surface area contributed by atoms with Gasteiger partial charge < -0.3 is 10.5 Å². The van der Waals surface area contributed by atoms with E-state index in [9.17, 15) is 0 Å². The van der Waals surface area contributed by atoms with Gasteiger partial charge in [-0.1, -0.05) is 36.9 Å². The van der Waals surface area contributed by atoms with Crippen LogP contribution < -0.4 is 10.5 Å². The van der Waals surface area contributed by atoms with Gasteiger partial charge in [0.25, 0.3) is 0 Å². The molecule has 0 atom stereocenters. The highest BCUT2D eigenvalue weighted by Crippen LogP contribution is 2.33. The summed E-state index contributed by atoms with van der Waals surface area (Å²) in [6.07, 6.45) is 0.765. The highest BCUT2D eigenvalue weighted by Gasteiger charge is 2.18. The first-order valence-corrected chi connectivity index (χ1v) is 10.2. The molecule has 5 heteroatoms. The second kappa shape index (κ2) is 8.00. The van der Waals surface area contributed by atoms with Crippen LogP contribution in [-0.2, 0) is 6.42 Å². The molecule has 4 nitrogen and oxygen atoms in total. The van der Waals surface area contributed by atoms with Crippen molar-refractivity contribution in [2.24, 2.45) is 5.73 Å². The zero-order valence-corrected chi connectivity index (χ0v) is 16.7. The van der Waals surface area contributed by atoms with Crippen molar-refractivity contribution < 1.29 is 4.74 Å². The Morgan fingerprint density at radius 2 is 1.86 bits per heavy atom. The molecule has 0 aliphatic heterocycles. The fourth-order valence-electron chi connectivity index (χ4n) is 3.24. The van der Waals surface area contributed by atoms with Gasteiger partial charge in [-0.05, 0) is 48.9 Å². The van der Waals surface area contributed by atoms with Crippen molar-refractivity contribution >= 4 is 16.3 Å². The minimum absolute atomic E-state index is 0.526. The first-order chi connectivity index (χ1) is 13.7. The topological polar surface area (TPSA) is 52.5 Å². The molecule has 0 saturated heterocycles. The lowest BCUT2D eigenvalue weighted by atomic mass is 10.1. The number of nitrogens with two attached hydrogens (primary N) is 1. The van der Waals surface area contributed by atoms with Gasteiger partial charge in [-0.25, -0.2) is 4.98 Å². The van der Waals surface area contributed by atoms with Crippen LogP contribution in [0.15, 0.2) is 72.1 Å². The SMILES string of the molecule is C=C(C)COc1ccc(-c2nc3scc(-c4ccccc4)n3c2CCN)cc1. The molecule has 2 aromatic heterocycles. The van der Waals surface area contributed by atoms with E-state index in [1.165, 1.54) is 5.56 Å². The number of imidazole rings is 1. The monoisotopic (exact) mass is 389 g/mol. The average Bonchev–Trinajstić information content (AvgIpc) is 3.28. The number of benzene rings is 2. The molecule has 4 aromatic rings. The molecule has 0 fully saturated rings. The third-order valence-corrected chi connectivity index (χ3v) is 5.35. The van der Waals surface area contributed by atoms with Gasteiger partial charge in [-0.3, -0.25) is 4.40 Å². The van der Waals surface area contributed by atoms with E-state index in [0.29, 0.717) is 13.2 Å². The van der Waals surface area contributed by atoms with Crippen molar-refractivity contribution in [2.75, 3.05) is 13.2 Å². The van der Waals surface area contributed by atoms with E-state index in [4.69, 9.17) is 15.5 Å². The van der Waals surface area contributed by atoms with Crippen molar-refractivity contribution in [3.63, 3.8) is 0 Å². The molecule has 2 heterocycles. The lowest BCUT2D eigenvalue weighted by molar-refractivity contribution is 0.353. The normalized spacial score (nSPS) is 11.1. The van der Waals surface area contributed by atoms with Crippen LogP contribution in [0.4, 0.5) is 0 Å². The molecular formula is C23H23N3OS. The number of aromatic nitrogens is 2. The van der Waals surface area contributed by atoms with Crippen LogP contribution in [0.1, 0.15) is 12.6 Å². The van der Waals surface area contributed by atoms with E-state index in [2.05, 4.69) is 52.8 Å². The molecule has 0 unspecified atom stereocenters. The van der Waals surface area contributed by atoms with Gasteiger partial charge in [0.15, 0.2) is 4.96 Å². The van der Waals surface area contributed by atoms with Gasteiger partial charge in [-0.2, -0.15) is 0 Å². The Hall–Kier alpha value is -2.89. The van der Waals surface area contributed by atoms with Crippen molar-refractivity contribution in [3.05, 3.63) is 77.8 Å². The van der Waals surface area contributed by atoms with Crippen molar-refractivity contribution in [3.8, 4) is 28.3 Å². The Labute approximate surface area is 168 Å². The van der Waals surface area contributed by atoms with Gasteiger partial charge in [-0.15, -0.1) is 11.3 Å². The minimum Gasteiger partial charge on any atom is -0.489 e. The first kappa shape index (κ1) is 18.5. The summed E-state index contributed by atoms with van der Waals surface area (Å²) in [5, 5.41) is 2.16. The molecule has 0 bridgehead atoms. The van der Waals surface area contributed by atoms with E-state index in [1.807, 2.05) is 25.1 Å². The Balaban J connectivity index is 1.76. The number of ether oxygens (including phenoxy) is 1. The zero-order valence-electron chi connectivity index (χ0n) is 15.9. The Morgan fingerprint density at radius 1 is 1.11 bits per heavy atom. The quantitative estimate of drug-likeness (QED) is 0.443. The van der Waals surface area contributed by atoms with Gasteiger partial charge in [0.2, 0.25) is 0 Å². The van der Waals surface area contributed by atoms with E-state index < -0.39 is 0 Å². The largest absolute Gasteiger partial charge is 0.489 e. The zero-order chi connectivity index (χ0) is 19.5. The predicted molar refractivity (Wildman–Crippen MR) is 117 cm³/mol. The lowest BCUT2D eigenvalue weighted by Gasteiger charge is -2.08. The fourth-order valence-corrected chi connectivity index (χ4v) is 4.16. The number of nitrogens with zero attached hydrogens (tertiary/aromatic N) is 2. The lowest BCUT2D eigenvalue weighted by Crippen LogP contribution is -2.06. The molecule has 0 aliphatic rings. The maximum absolute atomic E-state index is 5.94. The molecular weight excluding hydrogens is 366 g/mol. The van der Waals surface area contributed by atoms with Crippen LogP contribution >= 0.6 is 11.3 Å². The third kappa shape index (κ3) is 3.59. The highest BCUT2D eigenvalue weighted by atomic mass is 32.1. The molecule has 4 rings (SSSR count). The van der Waals surface area contributed by atoms with Gasteiger partial charge in [0.1, 0.15) is 12.4 Å². The summed E-state index contributed by atoms with van der Waals surface area (Å²) in [5.74, 6) is 0.832. The van der Waals surface area contributed by atoms with Crippen LogP contribution in [0.5, 0.6) is 5.75 Å². The van der Waals surface area contributed by atoms with E-state index in [0.717, 1.165) is 45.3 Å². The maximum atomic E-state index is 5.94. The molecule has 0 aliphatic carbocycles. The highest BCUT2D eigenvalue weighted by molar-refractivity contribution is 7.15. The first-order valence-electron chi connectivity index (χ1n) is 9.29. The fraction of sp³-hybridized carbons (Fsp3) is 0.174. The third-order valence-electron chi connectivity index (χ3n) is 4.52. The molecule has 0 amide bonds. The summed E-state index contributed by atoms with van der Waals surface area (Å²) in [7, 11) is 0. The Kier molecular flexibility index (Phi) is 5.28. The standard InChI is InChI=1S/C23H23N3OS/c1-16(2)14-27-19-10-8-18(9-11-19)22-20(12-13-24)26-21(15-28-23(26)25-22)17-6-4-3-5-7-17/h3-11,15H,1,12-14,24H2,2H3. The molecule has 0 spiro atoms. The second-order valence-electron chi connectivity index (χ2n) is 6.82. The van der Waals surface area contributed by atoms with Crippen LogP contribution in [0.2, 0.25) is 0 Å². The summed E-state index contributed by atoms with van der Waals surface area (Å²) in [6.45, 7) is 6.92. The number of thiazole rings is 1. The minimum atomic E-state index is 0.526. The Bertz CT molecular complexity index is 1090.